The highest BCUT2D eigenvalue weighted by Crippen LogP contribution is 2.19. The first-order chi connectivity index (χ1) is 18.7. The van der Waals surface area contributed by atoms with E-state index in [1.165, 1.54) is 12.1 Å². The molecule has 2 aliphatic rings. The Kier molecular flexibility index (Phi) is 9.03. The number of amides is 4. The minimum atomic E-state index is -1.18. The van der Waals surface area contributed by atoms with Crippen LogP contribution in [-0.2, 0) is 25.5 Å². The minimum Gasteiger partial charge on any atom is -0.508 e. The van der Waals surface area contributed by atoms with E-state index in [0.29, 0.717) is 18.8 Å². The molecular formula is C28H34N4O7. The van der Waals surface area contributed by atoms with Crippen molar-refractivity contribution in [2.24, 2.45) is 0 Å². The fourth-order valence-electron chi connectivity index (χ4n) is 4.77. The quantitative estimate of drug-likeness (QED) is 0.451. The minimum absolute atomic E-state index is 0.0829. The lowest BCUT2D eigenvalue weighted by Gasteiger charge is -2.37. The van der Waals surface area contributed by atoms with E-state index in [9.17, 15) is 24.3 Å². The SMILES string of the molecule is C[C@@H]1CN(C(=O)[C@@H]2CC(=O)N[C@@H](Cc3ccc(O)cc3)C(=O)NCCOc3ccccc3C(=O)N2)C[C@H](C)O1. The number of nitrogens with one attached hydrogen (secondary N) is 3. The molecule has 0 radical (unpaired) electrons. The fourth-order valence-corrected chi connectivity index (χ4v) is 4.77. The second-order valence-electron chi connectivity index (χ2n) is 9.86. The molecule has 208 valence electrons. The van der Waals surface area contributed by atoms with Crippen molar-refractivity contribution in [3.05, 3.63) is 59.7 Å². The number of fused-ring (bicyclic) bond motifs is 1. The number of hydrogen-bond acceptors (Lipinski definition) is 7. The van der Waals surface area contributed by atoms with Gasteiger partial charge < -0.3 is 35.4 Å². The monoisotopic (exact) mass is 538 g/mol. The number of phenols is 1. The molecule has 1 fully saturated rings. The Bertz CT molecular complexity index is 1190. The van der Waals surface area contributed by atoms with E-state index < -0.39 is 35.7 Å². The number of aromatic hydroxyl groups is 1. The largest absolute Gasteiger partial charge is 0.508 e. The molecule has 0 saturated carbocycles. The van der Waals surface area contributed by atoms with Crippen LogP contribution in [0.4, 0.5) is 0 Å². The van der Waals surface area contributed by atoms with Crippen molar-refractivity contribution in [1.29, 1.82) is 0 Å². The molecule has 0 aromatic heterocycles. The van der Waals surface area contributed by atoms with Gasteiger partial charge in [-0.25, -0.2) is 0 Å². The van der Waals surface area contributed by atoms with E-state index in [4.69, 9.17) is 9.47 Å². The van der Waals surface area contributed by atoms with Crippen molar-refractivity contribution in [3.63, 3.8) is 0 Å². The van der Waals surface area contributed by atoms with E-state index in [2.05, 4.69) is 16.0 Å². The van der Waals surface area contributed by atoms with Crippen LogP contribution in [0.25, 0.3) is 0 Å². The predicted octanol–water partition coefficient (Wildman–Crippen LogP) is 0.753. The molecule has 4 rings (SSSR count). The van der Waals surface area contributed by atoms with Crippen molar-refractivity contribution >= 4 is 23.6 Å². The number of hydrogen-bond donors (Lipinski definition) is 4. The average Bonchev–Trinajstić information content (AvgIpc) is 2.90. The molecule has 2 aromatic carbocycles. The van der Waals surface area contributed by atoms with Crippen molar-refractivity contribution < 1.29 is 33.8 Å². The van der Waals surface area contributed by atoms with Gasteiger partial charge in [0.05, 0.1) is 30.7 Å². The zero-order chi connectivity index (χ0) is 27.9. The van der Waals surface area contributed by atoms with Gasteiger partial charge in [0, 0.05) is 19.5 Å². The maximum Gasteiger partial charge on any atom is 0.255 e. The number of nitrogens with zero attached hydrogens (tertiary/aromatic N) is 1. The summed E-state index contributed by atoms with van der Waals surface area (Å²) < 4.78 is 11.5. The number of para-hydroxylation sites is 1. The summed E-state index contributed by atoms with van der Waals surface area (Å²) in [6.07, 6.45) is -0.612. The zero-order valence-corrected chi connectivity index (χ0v) is 22.0. The van der Waals surface area contributed by atoms with E-state index in [1.54, 1.807) is 41.3 Å². The van der Waals surface area contributed by atoms with Crippen LogP contribution in [0, 0.1) is 0 Å². The van der Waals surface area contributed by atoms with Crippen LogP contribution < -0.4 is 20.7 Å². The van der Waals surface area contributed by atoms with Gasteiger partial charge in [-0.05, 0) is 43.7 Å². The van der Waals surface area contributed by atoms with Crippen LogP contribution in [0.2, 0.25) is 0 Å². The molecule has 0 spiro atoms. The highest BCUT2D eigenvalue weighted by Gasteiger charge is 2.34. The lowest BCUT2D eigenvalue weighted by molar-refractivity contribution is -0.146. The molecule has 4 amide bonds. The normalized spacial score (nSPS) is 24.8. The number of carbonyl (C=O) groups excluding carboxylic acids is 4. The van der Waals surface area contributed by atoms with Crippen LogP contribution >= 0.6 is 0 Å². The molecule has 11 heteroatoms. The lowest BCUT2D eigenvalue weighted by Crippen LogP contribution is -2.57. The van der Waals surface area contributed by atoms with Crippen LogP contribution in [0.15, 0.2) is 48.5 Å². The second-order valence-corrected chi connectivity index (χ2v) is 9.86. The third-order valence-corrected chi connectivity index (χ3v) is 6.54. The van der Waals surface area contributed by atoms with E-state index in [0.717, 1.165) is 5.56 Å². The number of phenolic OH excluding ortho intramolecular Hbond substituents is 1. The number of ether oxygens (including phenoxy) is 2. The third kappa shape index (κ3) is 7.47. The molecular weight excluding hydrogens is 504 g/mol. The molecule has 0 bridgehead atoms. The van der Waals surface area contributed by atoms with Gasteiger partial charge in [-0.2, -0.15) is 0 Å². The third-order valence-electron chi connectivity index (χ3n) is 6.54. The van der Waals surface area contributed by atoms with E-state index in [-0.39, 0.29) is 49.5 Å². The highest BCUT2D eigenvalue weighted by atomic mass is 16.5. The van der Waals surface area contributed by atoms with Gasteiger partial charge in [0.25, 0.3) is 5.91 Å². The molecule has 4 N–H and O–H groups in total. The Morgan fingerprint density at radius 2 is 1.69 bits per heavy atom. The molecule has 2 aliphatic heterocycles. The molecule has 2 aromatic rings. The van der Waals surface area contributed by atoms with Crippen molar-refractivity contribution in [2.45, 2.75) is 51.0 Å². The van der Waals surface area contributed by atoms with Gasteiger partial charge in [-0.3, -0.25) is 19.2 Å². The number of benzene rings is 2. The van der Waals surface area contributed by atoms with Crippen molar-refractivity contribution in [3.8, 4) is 11.5 Å². The Balaban J connectivity index is 1.61. The first-order valence-electron chi connectivity index (χ1n) is 13.0. The van der Waals surface area contributed by atoms with Gasteiger partial charge >= 0.3 is 0 Å². The van der Waals surface area contributed by atoms with Crippen LogP contribution in [0.3, 0.4) is 0 Å². The number of rotatable bonds is 3. The molecule has 4 atom stereocenters. The highest BCUT2D eigenvalue weighted by molar-refractivity contribution is 6.01. The molecule has 0 aliphatic carbocycles. The summed E-state index contributed by atoms with van der Waals surface area (Å²) >= 11 is 0. The van der Waals surface area contributed by atoms with Gasteiger partial charge in [0.2, 0.25) is 17.7 Å². The van der Waals surface area contributed by atoms with Crippen LogP contribution in [0.1, 0.15) is 36.2 Å². The first kappa shape index (κ1) is 27.9. The maximum atomic E-state index is 13.6. The fraction of sp³-hybridized carbons (Fsp3) is 0.429. The summed E-state index contributed by atoms with van der Waals surface area (Å²) in [6, 6.07) is 10.8. The smallest absolute Gasteiger partial charge is 0.255 e. The Labute approximate surface area is 226 Å². The van der Waals surface area contributed by atoms with Crippen molar-refractivity contribution in [1.82, 2.24) is 20.9 Å². The lowest BCUT2D eigenvalue weighted by atomic mass is 10.0. The maximum absolute atomic E-state index is 13.6. The molecule has 1 saturated heterocycles. The summed E-state index contributed by atoms with van der Waals surface area (Å²) in [5.74, 6) is -1.57. The summed E-state index contributed by atoms with van der Waals surface area (Å²) in [7, 11) is 0. The average molecular weight is 539 g/mol. The summed E-state index contributed by atoms with van der Waals surface area (Å²) in [5, 5.41) is 17.8. The Hall–Kier alpha value is -4.12. The van der Waals surface area contributed by atoms with E-state index in [1.807, 2.05) is 13.8 Å². The summed E-state index contributed by atoms with van der Waals surface area (Å²) in [6.45, 7) is 4.59. The first-order valence-corrected chi connectivity index (χ1v) is 13.0. The summed E-state index contributed by atoms with van der Waals surface area (Å²) in [4.78, 5) is 54.7. The van der Waals surface area contributed by atoms with Gasteiger partial charge in [-0.1, -0.05) is 24.3 Å². The Morgan fingerprint density at radius 3 is 2.41 bits per heavy atom. The van der Waals surface area contributed by atoms with Gasteiger partial charge in [-0.15, -0.1) is 0 Å². The van der Waals surface area contributed by atoms with Crippen LogP contribution in [-0.4, -0.2) is 84.2 Å². The van der Waals surface area contributed by atoms with Gasteiger partial charge in [0.15, 0.2) is 0 Å². The van der Waals surface area contributed by atoms with Crippen LogP contribution in [0.5, 0.6) is 11.5 Å². The zero-order valence-electron chi connectivity index (χ0n) is 22.0. The molecule has 2 heterocycles. The summed E-state index contributed by atoms with van der Waals surface area (Å²) in [5.41, 5.74) is 0.935. The number of morpholine rings is 1. The topological polar surface area (TPSA) is 146 Å². The number of carbonyl (C=O) groups is 4. The molecule has 11 nitrogen and oxygen atoms in total. The second kappa shape index (κ2) is 12.6. The standard InChI is InChI=1S/C28H34N4O7/c1-17-15-32(16-18(2)39-17)28(37)23-14-25(34)30-22(13-19-7-9-20(33)10-8-19)27(36)29-11-12-38-24-6-4-3-5-21(24)26(35)31-23/h3-10,17-18,22-23,33H,11-16H2,1-2H3,(H,29,36)(H,30,34)(H,31,35)/t17-,18+,22-,23-/m0/s1. The van der Waals surface area contributed by atoms with Gasteiger partial charge in [0.1, 0.15) is 30.2 Å². The predicted molar refractivity (Wildman–Crippen MR) is 141 cm³/mol. The Morgan fingerprint density at radius 1 is 1.00 bits per heavy atom. The van der Waals surface area contributed by atoms with Crippen molar-refractivity contribution in [2.75, 3.05) is 26.2 Å². The molecule has 39 heavy (non-hydrogen) atoms. The van der Waals surface area contributed by atoms with E-state index >= 15 is 0 Å². The molecule has 0 unspecified atom stereocenters.